The molecule has 3 unspecified atom stereocenters. The molecule has 4 N–H and O–H groups in total. The van der Waals surface area contributed by atoms with Crippen LogP contribution in [0.5, 0.6) is 0 Å². The molecule has 244 valence electrons. The van der Waals surface area contributed by atoms with Crippen molar-refractivity contribution in [1.29, 1.82) is 0 Å². The van der Waals surface area contributed by atoms with Crippen molar-refractivity contribution in [2.75, 3.05) is 44.4 Å². The van der Waals surface area contributed by atoms with Crippen LogP contribution in [0.4, 0.5) is 11.4 Å². The number of likely N-dealkylation sites (N-methyl/N-ethyl adjacent to an activating group) is 1. The summed E-state index contributed by atoms with van der Waals surface area (Å²) in [6, 6.07) is 2.37. The average Bonchev–Trinajstić information content (AvgIpc) is 3.63. The SMILES string of the molecule is CCC1C=CC(/C(C=NC)=C/N)=CC(C)[N+]1(C)CCC=C(C)C(=O)Nc1cc(NC(=O)CN2CCCC23CCCC3)cnc1C. The molecule has 3 heterocycles. The van der Waals surface area contributed by atoms with E-state index in [1.54, 1.807) is 31.7 Å². The Bertz CT molecular complexity index is 1380. The van der Waals surface area contributed by atoms with Crippen molar-refractivity contribution in [1.82, 2.24) is 9.88 Å². The van der Waals surface area contributed by atoms with Crippen molar-refractivity contribution in [2.45, 2.75) is 96.7 Å². The van der Waals surface area contributed by atoms with Gasteiger partial charge in [0.15, 0.2) is 0 Å². The zero-order valence-corrected chi connectivity index (χ0v) is 28.2. The van der Waals surface area contributed by atoms with E-state index in [9.17, 15) is 9.59 Å². The maximum Gasteiger partial charge on any atom is 0.251 e. The van der Waals surface area contributed by atoms with E-state index in [0.29, 0.717) is 35.2 Å². The topological polar surface area (TPSA) is 113 Å². The van der Waals surface area contributed by atoms with E-state index >= 15 is 0 Å². The summed E-state index contributed by atoms with van der Waals surface area (Å²) in [7, 11) is 4.04. The molecule has 1 aromatic heterocycles. The zero-order valence-electron chi connectivity index (χ0n) is 28.2. The highest BCUT2D eigenvalue weighted by atomic mass is 16.2. The first-order valence-corrected chi connectivity index (χ1v) is 16.6. The minimum atomic E-state index is -0.166. The fraction of sp³-hybridized carbons (Fsp3) is 0.556. The van der Waals surface area contributed by atoms with Gasteiger partial charge in [-0.2, -0.15) is 0 Å². The Labute approximate surface area is 270 Å². The lowest BCUT2D eigenvalue weighted by molar-refractivity contribution is -0.942. The number of aryl methyl sites for hydroxylation is 1. The number of carbonyl (C=O) groups is 2. The fourth-order valence-corrected chi connectivity index (χ4v) is 7.48. The van der Waals surface area contributed by atoms with Gasteiger partial charge in [-0.1, -0.05) is 31.9 Å². The monoisotopic (exact) mass is 616 g/mol. The van der Waals surface area contributed by atoms with Crippen LogP contribution in [0.3, 0.4) is 0 Å². The number of allylic oxidation sites excluding steroid dienone is 3. The van der Waals surface area contributed by atoms with E-state index in [1.165, 1.54) is 32.1 Å². The normalized spacial score (nSPS) is 25.5. The lowest BCUT2D eigenvalue weighted by Crippen LogP contribution is -2.56. The van der Waals surface area contributed by atoms with Gasteiger partial charge in [0.25, 0.3) is 5.91 Å². The Morgan fingerprint density at radius 1 is 1.22 bits per heavy atom. The molecule has 3 atom stereocenters. The molecule has 0 bridgehead atoms. The smallest absolute Gasteiger partial charge is 0.251 e. The van der Waals surface area contributed by atoms with Gasteiger partial charge in [0, 0.05) is 49.0 Å². The van der Waals surface area contributed by atoms with Crippen molar-refractivity contribution in [3.63, 3.8) is 0 Å². The van der Waals surface area contributed by atoms with Crippen LogP contribution in [0, 0.1) is 6.92 Å². The minimum Gasteiger partial charge on any atom is -0.404 e. The number of carbonyl (C=O) groups excluding carboxylic acids is 2. The van der Waals surface area contributed by atoms with Crippen molar-refractivity contribution in [3.05, 3.63) is 65.2 Å². The maximum atomic E-state index is 13.2. The van der Waals surface area contributed by atoms with E-state index in [2.05, 4.69) is 64.6 Å². The maximum absolute atomic E-state index is 13.2. The minimum absolute atomic E-state index is 0.0301. The lowest BCUT2D eigenvalue weighted by Gasteiger charge is -2.43. The van der Waals surface area contributed by atoms with Crippen LogP contribution < -0.4 is 16.4 Å². The number of anilines is 2. The standard InChI is InChI=1S/C36H53N7O2/c1-7-32-14-13-29(30(22-37)23-38-5)20-27(3)43(32,6)19-10-12-26(2)35(45)41-33-21-31(24-39-28(33)4)40-34(44)25-42-18-11-17-36(42)15-8-9-16-36/h12-14,20-24,27,32H,7-11,15-19,25H2,1-6H3,(H3-,37,38,40,41,44,45)/p+1. The molecule has 2 fully saturated rings. The molecule has 9 nitrogen and oxygen atoms in total. The zero-order chi connectivity index (χ0) is 32.6. The number of quaternary nitrogens is 1. The lowest BCUT2D eigenvalue weighted by atomic mass is 9.94. The number of aromatic nitrogens is 1. The van der Waals surface area contributed by atoms with Gasteiger partial charge in [0.2, 0.25) is 5.91 Å². The van der Waals surface area contributed by atoms with Crippen LogP contribution in [0.25, 0.3) is 0 Å². The summed E-state index contributed by atoms with van der Waals surface area (Å²) >= 11 is 0. The van der Waals surface area contributed by atoms with Gasteiger partial charge in [-0.05, 0) is 76.8 Å². The van der Waals surface area contributed by atoms with Crippen molar-refractivity contribution in [3.8, 4) is 0 Å². The second-order valence-corrected chi connectivity index (χ2v) is 13.3. The summed E-state index contributed by atoms with van der Waals surface area (Å²) in [4.78, 5) is 37.2. The fourth-order valence-electron chi connectivity index (χ4n) is 7.48. The van der Waals surface area contributed by atoms with Crippen LogP contribution >= 0.6 is 0 Å². The number of hydrogen-bond donors (Lipinski definition) is 3. The number of amides is 2. The molecule has 0 radical (unpaired) electrons. The molecule has 2 aliphatic heterocycles. The first-order chi connectivity index (χ1) is 21.5. The second kappa shape index (κ2) is 15.1. The number of hydrogen-bond acceptors (Lipinski definition) is 6. The first-order valence-electron chi connectivity index (χ1n) is 16.6. The highest BCUT2D eigenvalue weighted by Gasteiger charge is 2.43. The summed E-state index contributed by atoms with van der Waals surface area (Å²) in [5, 5.41) is 6.04. The number of rotatable bonds is 11. The molecule has 4 rings (SSSR count). The molecule has 2 amide bonds. The van der Waals surface area contributed by atoms with Crippen LogP contribution in [0.15, 0.2) is 64.5 Å². The van der Waals surface area contributed by atoms with Gasteiger partial charge in [0.05, 0.1) is 43.4 Å². The number of nitrogens with two attached hydrogens (primary N) is 1. The highest BCUT2D eigenvalue weighted by molar-refractivity contribution is 6.04. The number of nitrogens with one attached hydrogen (secondary N) is 2. The molecule has 3 aliphatic rings. The Balaban J connectivity index is 1.37. The van der Waals surface area contributed by atoms with Crippen molar-refractivity contribution in [2.24, 2.45) is 10.7 Å². The van der Waals surface area contributed by atoms with Gasteiger partial charge in [0.1, 0.15) is 12.1 Å². The number of pyridine rings is 1. The van der Waals surface area contributed by atoms with E-state index < -0.39 is 0 Å². The van der Waals surface area contributed by atoms with Crippen LogP contribution in [-0.2, 0) is 9.59 Å². The molecule has 1 spiro atoms. The molecular weight excluding hydrogens is 562 g/mol. The van der Waals surface area contributed by atoms with Gasteiger partial charge in [-0.15, -0.1) is 0 Å². The van der Waals surface area contributed by atoms with Gasteiger partial charge in [-0.25, -0.2) is 0 Å². The van der Waals surface area contributed by atoms with E-state index in [1.807, 2.05) is 19.9 Å². The van der Waals surface area contributed by atoms with Crippen LogP contribution in [0.1, 0.15) is 77.8 Å². The third-order valence-electron chi connectivity index (χ3n) is 10.5. The molecule has 0 aromatic carbocycles. The summed E-state index contributed by atoms with van der Waals surface area (Å²) < 4.78 is 0.826. The molecule has 1 saturated carbocycles. The summed E-state index contributed by atoms with van der Waals surface area (Å²) in [5.41, 5.74) is 10.7. The third-order valence-corrected chi connectivity index (χ3v) is 10.5. The van der Waals surface area contributed by atoms with Crippen molar-refractivity contribution < 1.29 is 14.1 Å². The first kappa shape index (κ1) is 34.3. The Hall–Kier alpha value is -3.56. The summed E-state index contributed by atoms with van der Waals surface area (Å²) in [6.07, 6.45) is 22.8. The van der Waals surface area contributed by atoms with Crippen molar-refractivity contribution >= 4 is 29.4 Å². The Morgan fingerprint density at radius 3 is 2.64 bits per heavy atom. The molecule has 1 saturated heterocycles. The van der Waals surface area contributed by atoms with E-state index in [-0.39, 0.29) is 23.4 Å². The molecule has 1 aliphatic carbocycles. The van der Waals surface area contributed by atoms with Gasteiger partial charge >= 0.3 is 0 Å². The summed E-state index contributed by atoms with van der Waals surface area (Å²) in [5.74, 6) is -0.196. The third kappa shape index (κ3) is 8.00. The van der Waals surface area contributed by atoms with Crippen LogP contribution in [0.2, 0.25) is 0 Å². The Morgan fingerprint density at radius 2 is 1.96 bits per heavy atom. The summed E-state index contributed by atoms with van der Waals surface area (Å²) in [6.45, 7) is 10.4. The molecule has 45 heavy (non-hydrogen) atoms. The second-order valence-electron chi connectivity index (χ2n) is 13.3. The Kier molecular flexibility index (Phi) is 11.6. The number of nitrogens with zero attached hydrogens (tertiary/aromatic N) is 4. The molecule has 1 aromatic rings. The predicted molar refractivity (Wildman–Crippen MR) is 185 cm³/mol. The van der Waals surface area contributed by atoms with Gasteiger partial charge < -0.3 is 20.9 Å². The quantitative estimate of drug-likeness (QED) is 0.169. The molecule has 9 heteroatoms. The predicted octanol–water partition coefficient (Wildman–Crippen LogP) is 5.67. The highest BCUT2D eigenvalue weighted by Crippen LogP contribution is 2.42. The molecular formula is C36H54N7O2+. The van der Waals surface area contributed by atoms with Crippen LogP contribution in [-0.4, -0.2) is 83.7 Å². The number of likely N-dealkylation sites (tertiary alicyclic amines) is 1. The van der Waals surface area contributed by atoms with E-state index in [0.717, 1.165) is 48.0 Å². The average molecular weight is 617 g/mol. The van der Waals surface area contributed by atoms with Gasteiger partial charge in [-0.3, -0.25) is 24.5 Å². The number of aliphatic imine (C=N–C) groups is 1. The largest absolute Gasteiger partial charge is 0.404 e. The van der Waals surface area contributed by atoms with E-state index in [4.69, 9.17) is 5.73 Å².